The zero-order chi connectivity index (χ0) is 12.0. The molecule has 1 heterocycles. The van der Waals surface area contributed by atoms with E-state index < -0.39 is 0 Å². The zero-order valence-electron chi connectivity index (χ0n) is 10.4. The molecule has 0 unspecified atom stereocenters. The van der Waals surface area contributed by atoms with Gasteiger partial charge in [-0.2, -0.15) is 0 Å². The van der Waals surface area contributed by atoms with Crippen molar-refractivity contribution in [1.82, 2.24) is 9.97 Å². The molecule has 3 nitrogen and oxygen atoms in total. The number of hydrogen-bond acceptors (Lipinski definition) is 3. The summed E-state index contributed by atoms with van der Waals surface area (Å²) < 4.78 is 0. The Bertz CT molecular complexity index is 452. The van der Waals surface area contributed by atoms with E-state index in [4.69, 9.17) is 0 Å². The number of fused-ring (bicyclic) bond motifs is 1. The van der Waals surface area contributed by atoms with E-state index in [0.29, 0.717) is 0 Å². The highest BCUT2D eigenvalue weighted by atomic mass is 15.0. The Morgan fingerprint density at radius 2 is 1.94 bits per heavy atom. The second-order valence-electron chi connectivity index (χ2n) is 3.18. The quantitative estimate of drug-likeness (QED) is 0.839. The number of benzene rings is 1. The molecule has 2 rings (SSSR count). The van der Waals surface area contributed by atoms with Crippen molar-refractivity contribution in [3.8, 4) is 0 Å². The summed E-state index contributed by atoms with van der Waals surface area (Å²) in [6.07, 6.45) is 2.62. The Morgan fingerprint density at radius 3 is 2.56 bits per heavy atom. The molecule has 3 heteroatoms. The van der Waals surface area contributed by atoms with Crippen LogP contribution in [0, 0.1) is 0 Å². The van der Waals surface area contributed by atoms with E-state index in [1.54, 1.807) is 6.33 Å². The summed E-state index contributed by atoms with van der Waals surface area (Å²) >= 11 is 0. The van der Waals surface area contributed by atoms with E-state index in [0.717, 1.165) is 23.1 Å². The number of hydrogen-bond donors (Lipinski definition) is 1. The molecule has 0 aliphatic heterocycles. The van der Waals surface area contributed by atoms with E-state index in [9.17, 15) is 0 Å². The summed E-state index contributed by atoms with van der Waals surface area (Å²) in [5, 5.41) is 4.16. The second-order valence-corrected chi connectivity index (χ2v) is 3.18. The molecule has 0 bridgehead atoms. The first kappa shape index (κ1) is 12.4. The van der Waals surface area contributed by atoms with E-state index in [2.05, 4.69) is 34.3 Å². The van der Waals surface area contributed by atoms with Gasteiger partial charge in [0, 0.05) is 12.4 Å². The van der Waals surface area contributed by atoms with Crippen LogP contribution in [0.1, 0.15) is 26.3 Å². The van der Waals surface area contributed by atoms with Gasteiger partial charge in [0.05, 0.1) is 5.52 Å². The Kier molecular flexibility index (Phi) is 4.70. The molecule has 0 spiro atoms. The molecule has 0 fully saturated rings. The maximum absolute atomic E-state index is 4.21. The lowest BCUT2D eigenvalue weighted by molar-refractivity contribution is 1.14. The van der Waals surface area contributed by atoms with Crippen molar-refractivity contribution in [3.05, 3.63) is 30.1 Å². The Balaban J connectivity index is 0.000000606. The molecular weight excluding hydrogens is 198 g/mol. The predicted octanol–water partition coefficient (Wildman–Crippen LogP) is 3.26. The number of nitrogens with one attached hydrogen (secondary N) is 1. The SMILES string of the molecule is CC.CCc1ccc2ncnc(NC)c2c1. The third-order valence-electron chi connectivity index (χ3n) is 2.34. The highest BCUT2D eigenvalue weighted by Gasteiger charge is 2.01. The molecule has 2 aromatic rings. The van der Waals surface area contributed by atoms with Gasteiger partial charge < -0.3 is 5.32 Å². The average molecular weight is 217 g/mol. The highest BCUT2D eigenvalue weighted by Crippen LogP contribution is 2.20. The van der Waals surface area contributed by atoms with Gasteiger partial charge in [0.15, 0.2) is 0 Å². The number of nitrogens with zero attached hydrogens (tertiary/aromatic N) is 2. The fourth-order valence-electron chi connectivity index (χ4n) is 1.52. The van der Waals surface area contributed by atoms with E-state index in [-0.39, 0.29) is 0 Å². The first-order valence-electron chi connectivity index (χ1n) is 5.76. The van der Waals surface area contributed by atoms with E-state index in [1.165, 1.54) is 5.56 Å². The van der Waals surface area contributed by atoms with Crippen LogP contribution in [0.3, 0.4) is 0 Å². The maximum Gasteiger partial charge on any atom is 0.137 e. The van der Waals surface area contributed by atoms with Crippen LogP contribution in [0.15, 0.2) is 24.5 Å². The zero-order valence-corrected chi connectivity index (χ0v) is 10.4. The molecule has 16 heavy (non-hydrogen) atoms. The smallest absolute Gasteiger partial charge is 0.137 e. The van der Waals surface area contributed by atoms with Crippen molar-refractivity contribution in [3.63, 3.8) is 0 Å². The molecule has 0 amide bonds. The van der Waals surface area contributed by atoms with Gasteiger partial charge in [-0.15, -0.1) is 0 Å². The summed E-state index contributed by atoms with van der Waals surface area (Å²) in [6, 6.07) is 6.28. The Labute approximate surface area is 96.9 Å². The lowest BCUT2D eigenvalue weighted by atomic mass is 10.1. The van der Waals surface area contributed by atoms with Gasteiger partial charge in [0.1, 0.15) is 12.1 Å². The molecule has 0 aliphatic rings. The van der Waals surface area contributed by atoms with E-state index in [1.807, 2.05) is 27.0 Å². The van der Waals surface area contributed by atoms with Crippen molar-refractivity contribution in [2.24, 2.45) is 0 Å². The Morgan fingerprint density at radius 1 is 1.19 bits per heavy atom. The third kappa shape index (κ3) is 2.48. The van der Waals surface area contributed by atoms with Gasteiger partial charge in [-0.3, -0.25) is 0 Å². The van der Waals surface area contributed by atoms with Crippen molar-refractivity contribution in [2.75, 3.05) is 12.4 Å². The molecule has 0 saturated heterocycles. The summed E-state index contributed by atoms with van der Waals surface area (Å²) in [5.74, 6) is 0.894. The molecule has 0 atom stereocenters. The Hall–Kier alpha value is -1.64. The van der Waals surface area contributed by atoms with Crippen LogP contribution in [0.2, 0.25) is 0 Å². The fraction of sp³-hybridized carbons (Fsp3) is 0.385. The minimum atomic E-state index is 0.894. The number of rotatable bonds is 2. The van der Waals surface area contributed by atoms with Crippen LogP contribution in [-0.4, -0.2) is 17.0 Å². The van der Waals surface area contributed by atoms with Crippen molar-refractivity contribution >= 4 is 16.7 Å². The predicted molar refractivity (Wildman–Crippen MR) is 69.8 cm³/mol. The molecule has 1 aromatic carbocycles. The van der Waals surface area contributed by atoms with Crippen LogP contribution in [0.25, 0.3) is 10.9 Å². The van der Waals surface area contributed by atoms with Gasteiger partial charge in [-0.05, 0) is 24.1 Å². The van der Waals surface area contributed by atoms with Gasteiger partial charge in [-0.1, -0.05) is 26.8 Å². The van der Waals surface area contributed by atoms with E-state index >= 15 is 0 Å². The van der Waals surface area contributed by atoms with Crippen LogP contribution < -0.4 is 5.32 Å². The summed E-state index contributed by atoms with van der Waals surface area (Å²) in [7, 11) is 1.88. The fourth-order valence-corrected chi connectivity index (χ4v) is 1.52. The monoisotopic (exact) mass is 217 g/mol. The molecule has 1 N–H and O–H groups in total. The number of aromatic nitrogens is 2. The second kappa shape index (κ2) is 6.05. The number of anilines is 1. The van der Waals surface area contributed by atoms with Crippen LogP contribution in [0.5, 0.6) is 0 Å². The first-order valence-corrected chi connectivity index (χ1v) is 5.76. The van der Waals surface area contributed by atoms with Crippen LogP contribution >= 0.6 is 0 Å². The molecule has 0 aliphatic carbocycles. The normalized spacial score (nSPS) is 9.50. The average Bonchev–Trinajstić information content (AvgIpc) is 2.39. The van der Waals surface area contributed by atoms with Crippen molar-refractivity contribution in [2.45, 2.75) is 27.2 Å². The van der Waals surface area contributed by atoms with Crippen molar-refractivity contribution in [1.29, 1.82) is 0 Å². The minimum Gasteiger partial charge on any atom is -0.373 e. The summed E-state index contributed by atoms with van der Waals surface area (Å²) in [4.78, 5) is 8.39. The van der Waals surface area contributed by atoms with Gasteiger partial charge in [0.25, 0.3) is 0 Å². The molecule has 1 aromatic heterocycles. The topological polar surface area (TPSA) is 37.8 Å². The minimum absolute atomic E-state index is 0.894. The molecule has 0 saturated carbocycles. The van der Waals surface area contributed by atoms with Crippen molar-refractivity contribution < 1.29 is 0 Å². The standard InChI is InChI=1S/C11H13N3.C2H6/c1-3-8-4-5-10-9(6-8)11(12-2)14-7-13-10;1-2/h4-7H,3H2,1-2H3,(H,12,13,14);1-2H3. The summed E-state index contributed by atoms with van der Waals surface area (Å²) in [5.41, 5.74) is 2.30. The third-order valence-corrected chi connectivity index (χ3v) is 2.34. The van der Waals surface area contributed by atoms with Crippen LogP contribution in [0.4, 0.5) is 5.82 Å². The van der Waals surface area contributed by atoms with Gasteiger partial charge in [-0.25, -0.2) is 9.97 Å². The first-order chi connectivity index (χ1) is 7.85. The molecule has 86 valence electrons. The highest BCUT2D eigenvalue weighted by molar-refractivity contribution is 5.89. The molecule has 0 radical (unpaired) electrons. The lowest BCUT2D eigenvalue weighted by Gasteiger charge is -2.05. The lowest BCUT2D eigenvalue weighted by Crippen LogP contribution is -1.95. The number of aryl methyl sites for hydroxylation is 1. The van der Waals surface area contributed by atoms with Crippen LogP contribution in [-0.2, 0) is 6.42 Å². The maximum atomic E-state index is 4.21. The van der Waals surface area contributed by atoms with Gasteiger partial charge in [0.2, 0.25) is 0 Å². The largest absolute Gasteiger partial charge is 0.373 e. The summed E-state index contributed by atoms with van der Waals surface area (Å²) in [6.45, 7) is 6.14. The van der Waals surface area contributed by atoms with Gasteiger partial charge >= 0.3 is 0 Å². The molecular formula is C13H19N3.